The molecule has 6 nitrogen and oxygen atoms in total. The Morgan fingerprint density at radius 2 is 1.94 bits per heavy atom. The van der Waals surface area contributed by atoms with E-state index in [0.717, 1.165) is 11.1 Å². The summed E-state index contributed by atoms with van der Waals surface area (Å²) in [7, 11) is 0. The van der Waals surface area contributed by atoms with Crippen molar-refractivity contribution in [1.82, 2.24) is 15.4 Å². The molecule has 0 aliphatic carbocycles. The van der Waals surface area contributed by atoms with Crippen LogP contribution in [0.5, 0.6) is 0 Å². The molecule has 3 aromatic rings. The summed E-state index contributed by atoms with van der Waals surface area (Å²) in [6.07, 6.45) is -0.177. The second-order valence-corrected chi connectivity index (χ2v) is 8.75. The molecule has 31 heavy (non-hydrogen) atoms. The summed E-state index contributed by atoms with van der Waals surface area (Å²) in [5.41, 5.74) is 2.39. The van der Waals surface area contributed by atoms with Gasteiger partial charge in [0.2, 0.25) is 5.76 Å². The monoisotopic (exact) mass is 439 g/mol. The van der Waals surface area contributed by atoms with Crippen molar-refractivity contribution in [2.75, 3.05) is 6.54 Å². The fraction of sp³-hybridized carbons (Fsp3) is 0.333. The van der Waals surface area contributed by atoms with Crippen LogP contribution in [0.3, 0.4) is 0 Å². The van der Waals surface area contributed by atoms with Crippen LogP contribution in [0.4, 0.5) is 0 Å². The number of aromatic nitrogens is 1. The van der Waals surface area contributed by atoms with Gasteiger partial charge in [0.25, 0.3) is 5.91 Å². The maximum absolute atomic E-state index is 13.4. The number of piperazine rings is 1. The molecule has 0 bridgehead atoms. The molecule has 4 rings (SSSR count). The van der Waals surface area contributed by atoms with Crippen LogP contribution in [0, 0.1) is 5.92 Å². The van der Waals surface area contributed by atoms with Crippen molar-refractivity contribution < 1.29 is 14.4 Å². The van der Waals surface area contributed by atoms with Crippen molar-refractivity contribution in [3.05, 3.63) is 77.0 Å². The van der Waals surface area contributed by atoms with Gasteiger partial charge in [-0.1, -0.05) is 73.1 Å². The average Bonchev–Trinajstić information content (AvgIpc) is 3.25. The third-order valence-corrected chi connectivity index (χ3v) is 5.80. The first-order valence-corrected chi connectivity index (χ1v) is 10.8. The number of halogens is 1. The maximum atomic E-state index is 13.4. The van der Waals surface area contributed by atoms with Gasteiger partial charge in [-0.15, -0.1) is 0 Å². The molecule has 3 atom stereocenters. The Balaban J connectivity index is 1.61. The predicted molar refractivity (Wildman–Crippen MR) is 120 cm³/mol. The Bertz CT molecular complexity index is 1020. The number of hydrogen-bond donors (Lipinski definition) is 2. The quantitative estimate of drug-likeness (QED) is 0.611. The van der Waals surface area contributed by atoms with E-state index in [1.54, 1.807) is 23.1 Å². The zero-order chi connectivity index (χ0) is 22.0. The average molecular weight is 440 g/mol. The number of aliphatic hydroxyl groups is 1. The number of nitrogens with one attached hydrogen (secondary N) is 1. The number of aliphatic hydroxyl groups excluding tert-OH is 1. The van der Waals surface area contributed by atoms with E-state index in [2.05, 4.69) is 24.3 Å². The fourth-order valence-corrected chi connectivity index (χ4v) is 4.13. The molecule has 0 radical (unpaired) electrons. The minimum atomic E-state index is -0.844. The van der Waals surface area contributed by atoms with Gasteiger partial charge in [-0.05, 0) is 30.0 Å². The Labute approximate surface area is 186 Å². The molecule has 162 valence electrons. The summed E-state index contributed by atoms with van der Waals surface area (Å²) in [5, 5.41) is 18.8. The Hall–Kier alpha value is -2.67. The number of carbonyl (C=O) groups is 1. The third kappa shape index (κ3) is 4.82. The minimum Gasteiger partial charge on any atom is -0.376 e. The first-order chi connectivity index (χ1) is 14.9. The van der Waals surface area contributed by atoms with Crippen LogP contribution < -0.4 is 5.32 Å². The summed E-state index contributed by atoms with van der Waals surface area (Å²) < 4.78 is 5.42. The number of hydrogen-bond acceptors (Lipinski definition) is 5. The summed E-state index contributed by atoms with van der Waals surface area (Å²) >= 11 is 5.96. The zero-order valence-corrected chi connectivity index (χ0v) is 18.3. The smallest absolute Gasteiger partial charge is 0.292 e. The number of carbonyl (C=O) groups excluding carboxylic acids is 1. The predicted octanol–water partition coefficient (Wildman–Crippen LogP) is 4.51. The van der Waals surface area contributed by atoms with Gasteiger partial charge in [-0.25, -0.2) is 0 Å². The van der Waals surface area contributed by atoms with Crippen LogP contribution in [-0.4, -0.2) is 39.9 Å². The standard InChI is InChI=1S/C24H26ClN3O3/c1-15(2)12-21-23(29)26-20(16-6-4-3-5-7-16)14-28(21)24(30)22-13-19(27-31-22)17-8-10-18(25)11-9-17/h3-11,13,15,20-21,23,26,29H,12,14H2,1-2H3/t20-,21+,23?/m1/s1. The Kier molecular flexibility index (Phi) is 6.41. The lowest BCUT2D eigenvalue weighted by Gasteiger charge is -2.44. The van der Waals surface area contributed by atoms with Crippen LogP contribution in [0.15, 0.2) is 65.2 Å². The SMILES string of the molecule is CC(C)C[C@H]1C(O)N[C@@H](c2ccccc2)CN1C(=O)c1cc(-c2ccc(Cl)cc2)no1. The highest BCUT2D eigenvalue weighted by atomic mass is 35.5. The highest BCUT2D eigenvalue weighted by Crippen LogP contribution is 2.29. The van der Waals surface area contributed by atoms with E-state index >= 15 is 0 Å². The molecule has 1 unspecified atom stereocenters. The van der Waals surface area contributed by atoms with E-state index in [1.807, 2.05) is 42.5 Å². The highest BCUT2D eigenvalue weighted by Gasteiger charge is 2.39. The van der Waals surface area contributed by atoms with Crippen LogP contribution in [-0.2, 0) is 0 Å². The second kappa shape index (κ2) is 9.22. The van der Waals surface area contributed by atoms with Gasteiger partial charge in [0, 0.05) is 23.2 Å². The van der Waals surface area contributed by atoms with E-state index in [9.17, 15) is 9.90 Å². The van der Waals surface area contributed by atoms with Crippen molar-refractivity contribution in [2.24, 2.45) is 5.92 Å². The largest absolute Gasteiger partial charge is 0.376 e. The van der Waals surface area contributed by atoms with E-state index in [-0.39, 0.29) is 23.8 Å². The van der Waals surface area contributed by atoms with Crippen LogP contribution in [0.1, 0.15) is 42.4 Å². The summed E-state index contributed by atoms with van der Waals surface area (Å²) in [6, 6.07) is 18.1. The van der Waals surface area contributed by atoms with Gasteiger partial charge in [0.1, 0.15) is 11.9 Å². The topological polar surface area (TPSA) is 78.6 Å². The van der Waals surface area contributed by atoms with Crippen molar-refractivity contribution >= 4 is 17.5 Å². The summed E-state index contributed by atoms with van der Waals surface area (Å²) in [6.45, 7) is 4.58. The first-order valence-electron chi connectivity index (χ1n) is 10.4. The molecule has 0 saturated carbocycles. The molecule has 1 aromatic heterocycles. The number of amides is 1. The Morgan fingerprint density at radius 3 is 2.61 bits per heavy atom. The van der Waals surface area contributed by atoms with E-state index in [0.29, 0.717) is 29.6 Å². The maximum Gasteiger partial charge on any atom is 0.292 e. The molecular weight excluding hydrogens is 414 g/mol. The van der Waals surface area contributed by atoms with Crippen molar-refractivity contribution in [3.8, 4) is 11.3 Å². The van der Waals surface area contributed by atoms with Gasteiger partial charge < -0.3 is 14.5 Å². The van der Waals surface area contributed by atoms with Gasteiger partial charge in [0.05, 0.1) is 12.1 Å². The van der Waals surface area contributed by atoms with E-state index in [4.69, 9.17) is 16.1 Å². The highest BCUT2D eigenvalue weighted by molar-refractivity contribution is 6.30. The number of benzene rings is 2. The van der Waals surface area contributed by atoms with Crippen molar-refractivity contribution in [3.63, 3.8) is 0 Å². The summed E-state index contributed by atoms with van der Waals surface area (Å²) in [5.74, 6) is 0.184. The molecule has 1 aliphatic heterocycles. The fourth-order valence-electron chi connectivity index (χ4n) is 4.01. The molecular formula is C24H26ClN3O3. The minimum absolute atomic E-state index is 0.152. The molecule has 0 spiro atoms. The molecule has 2 N–H and O–H groups in total. The lowest BCUT2D eigenvalue weighted by atomic mass is 9.94. The molecule has 1 aliphatic rings. The molecule has 7 heteroatoms. The van der Waals surface area contributed by atoms with Gasteiger partial charge in [0.15, 0.2) is 0 Å². The molecule has 1 saturated heterocycles. The first kappa shape index (κ1) is 21.6. The Morgan fingerprint density at radius 1 is 1.23 bits per heavy atom. The van der Waals surface area contributed by atoms with Gasteiger partial charge >= 0.3 is 0 Å². The van der Waals surface area contributed by atoms with Gasteiger partial charge in [-0.3, -0.25) is 10.1 Å². The molecule has 2 aromatic carbocycles. The number of nitrogens with zero attached hydrogens (tertiary/aromatic N) is 2. The van der Waals surface area contributed by atoms with Gasteiger partial charge in [-0.2, -0.15) is 0 Å². The third-order valence-electron chi connectivity index (χ3n) is 5.55. The lowest BCUT2D eigenvalue weighted by molar-refractivity contribution is -0.0238. The van der Waals surface area contributed by atoms with Crippen LogP contribution >= 0.6 is 11.6 Å². The summed E-state index contributed by atoms with van der Waals surface area (Å²) in [4.78, 5) is 15.2. The zero-order valence-electron chi connectivity index (χ0n) is 17.5. The number of rotatable bonds is 5. The second-order valence-electron chi connectivity index (χ2n) is 8.31. The van der Waals surface area contributed by atoms with E-state index < -0.39 is 6.23 Å². The van der Waals surface area contributed by atoms with Crippen LogP contribution in [0.25, 0.3) is 11.3 Å². The van der Waals surface area contributed by atoms with E-state index in [1.165, 1.54) is 0 Å². The lowest BCUT2D eigenvalue weighted by Crippen LogP contribution is -2.60. The normalized spacial score (nSPS) is 21.5. The van der Waals surface area contributed by atoms with Crippen LogP contribution in [0.2, 0.25) is 5.02 Å². The van der Waals surface area contributed by atoms with Crippen molar-refractivity contribution in [2.45, 2.75) is 38.6 Å². The molecule has 1 fully saturated rings. The molecule has 2 heterocycles. The van der Waals surface area contributed by atoms with Crippen molar-refractivity contribution in [1.29, 1.82) is 0 Å². The molecule has 1 amide bonds.